The molecular formula is C15H14F4NO3P. The number of benzene rings is 2. The minimum absolute atomic E-state index is 0.106. The smallest absolute Gasteiger partial charge is 0.334 e. The molecule has 1 N–H and O–H groups in total. The summed E-state index contributed by atoms with van der Waals surface area (Å²) in [7, 11) is -1.06. The van der Waals surface area contributed by atoms with Gasteiger partial charge in [-0.3, -0.25) is 4.57 Å². The van der Waals surface area contributed by atoms with E-state index >= 15 is 0 Å². The maximum Gasteiger partial charge on any atom is 0.334 e. The van der Waals surface area contributed by atoms with Crippen LogP contribution in [0, 0.1) is 23.3 Å². The molecule has 0 aromatic heterocycles. The van der Waals surface area contributed by atoms with Gasteiger partial charge in [-0.15, -0.1) is 0 Å². The Kier molecular flexibility index (Phi) is 5.64. The Morgan fingerprint density at radius 3 is 2.08 bits per heavy atom. The molecule has 0 radical (unpaired) electrons. The molecule has 0 heterocycles. The van der Waals surface area contributed by atoms with Crippen LogP contribution in [0.15, 0.2) is 30.3 Å². The number of hydrogen-bond donors (Lipinski definition) is 1. The molecule has 0 bridgehead atoms. The monoisotopic (exact) mass is 363 g/mol. The van der Waals surface area contributed by atoms with Crippen LogP contribution in [0.2, 0.25) is 0 Å². The first-order valence-electron chi connectivity index (χ1n) is 6.69. The van der Waals surface area contributed by atoms with Crippen molar-refractivity contribution in [3.05, 3.63) is 59.2 Å². The number of halogens is 4. The van der Waals surface area contributed by atoms with Crippen LogP contribution in [-0.2, 0) is 19.8 Å². The molecule has 0 aliphatic rings. The van der Waals surface area contributed by atoms with Crippen LogP contribution in [-0.4, -0.2) is 14.2 Å². The van der Waals surface area contributed by atoms with Gasteiger partial charge in [-0.25, -0.2) is 17.6 Å². The third kappa shape index (κ3) is 3.77. The zero-order valence-corrected chi connectivity index (χ0v) is 13.7. The van der Waals surface area contributed by atoms with Crippen molar-refractivity contribution in [1.82, 2.24) is 0 Å². The first-order chi connectivity index (χ1) is 11.3. The first kappa shape index (κ1) is 18.4. The van der Waals surface area contributed by atoms with Crippen LogP contribution < -0.4 is 5.32 Å². The minimum atomic E-state index is -3.45. The summed E-state index contributed by atoms with van der Waals surface area (Å²) >= 11 is 0. The SMILES string of the molecule is COP(=O)(Cc1ccccc1Nc1c(F)c(F)cc(F)c1F)OC. The third-order valence-electron chi connectivity index (χ3n) is 3.31. The average Bonchev–Trinajstić information content (AvgIpc) is 2.58. The Bertz CT molecular complexity index is 766. The fourth-order valence-electron chi connectivity index (χ4n) is 2.01. The Hall–Kier alpha value is -1.89. The van der Waals surface area contributed by atoms with Gasteiger partial charge in [-0.1, -0.05) is 18.2 Å². The lowest BCUT2D eigenvalue weighted by Crippen LogP contribution is -2.05. The van der Waals surface area contributed by atoms with E-state index in [1.165, 1.54) is 32.4 Å². The van der Waals surface area contributed by atoms with E-state index in [-0.39, 0.29) is 17.9 Å². The molecular weight excluding hydrogens is 349 g/mol. The van der Waals surface area contributed by atoms with Crippen molar-refractivity contribution in [2.24, 2.45) is 0 Å². The largest absolute Gasteiger partial charge is 0.350 e. The Morgan fingerprint density at radius 2 is 1.54 bits per heavy atom. The van der Waals surface area contributed by atoms with Crippen LogP contribution in [0.3, 0.4) is 0 Å². The van der Waals surface area contributed by atoms with E-state index in [0.717, 1.165) is 0 Å². The number of para-hydroxylation sites is 1. The second-order valence-electron chi connectivity index (χ2n) is 4.76. The molecule has 0 saturated heterocycles. The molecule has 0 spiro atoms. The van der Waals surface area contributed by atoms with Crippen LogP contribution in [0.4, 0.5) is 28.9 Å². The summed E-state index contributed by atoms with van der Waals surface area (Å²) < 4.78 is 76.0. The molecule has 24 heavy (non-hydrogen) atoms. The lowest BCUT2D eigenvalue weighted by molar-refractivity contribution is 0.275. The van der Waals surface area contributed by atoms with Gasteiger partial charge in [0.05, 0.1) is 6.16 Å². The standard InChI is InChI=1S/C15H14F4NO3P/c1-22-24(21,23-2)8-9-5-3-4-6-12(9)20-15-13(18)10(16)7-11(17)14(15)19/h3-7,20H,8H2,1-2H3. The third-order valence-corrected chi connectivity index (χ3v) is 5.15. The predicted octanol–water partition coefficient (Wildman–Crippen LogP) is 4.97. The molecule has 2 rings (SSSR count). The van der Waals surface area contributed by atoms with Gasteiger partial charge >= 0.3 is 7.60 Å². The van der Waals surface area contributed by atoms with Crippen molar-refractivity contribution in [2.75, 3.05) is 19.5 Å². The molecule has 0 fully saturated rings. The highest BCUT2D eigenvalue weighted by Crippen LogP contribution is 2.50. The van der Waals surface area contributed by atoms with E-state index in [0.29, 0.717) is 5.56 Å². The van der Waals surface area contributed by atoms with Crippen LogP contribution in [0.5, 0.6) is 0 Å². The van der Waals surface area contributed by atoms with Gasteiger partial charge in [0.2, 0.25) is 0 Å². The average molecular weight is 363 g/mol. The predicted molar refractivity (Wildman–Crippen MR) is 81.3 cm³/mol. The number of nitrogens with one attached hydrogen (secondary N) is 1. The number of rotatable bonds is 6. The minimum Gasteiger partial charge on any atom is -0.350 e. The van der Waals surface area contributed by atoms with E-state index in [4.69, 9.17) is 9.05 Å². The van der Waals surface area contributed by atoms with E-state index < -0.39 is 36.6 Å². The quantitative estimate of drug-likeness (QED) is 0.447. The van der Waals surface area contributed by atoms with E-state index in [1.54, 1.807) is 6.07 Å². The molecule has 0 saturated carbocycles. The molecule has 0 aliphatic carbocycles. The summed E-state index contributed by atoms with van der Waals surface area (Å²) in [6, 6.07) is 6.16. The van der Waals surface area contributed by atoms with Crippen molar-refractivity contribution in [1.29, 1.82) is 0 Å². The van der Waals surface area contributed by atoms with Crippen molar-refractivity contribution in [3.63, 3.8) is 0 Å². The van der Waals surface area contributed by atoms with Gasteiger partial charge in [-0.2, -0.15) is 0 Å². The molecule has 0 amide bonds. The maximum absolute atomic E-state index is 13.8. The van der Waals surface area contributed by atoms with Crippen LogP contribution in [0.25, 0.3) is 0 Å². The Balaban J connectivity index is 2.44. The van der Waals surface area contributed by atoms with Gasteiger partial charge < -0.3 is 14.4 Å². The summed E-state index contributed by atoms with van der Waals surface area (Å²) in [5.41, 5.74) is -0.549. The normalized spacial score (nSPS) is 11.6. The highest BCUT2D eigenvalue weighted by Gasteiger charge is 2.25. The van der Waals surface area contributed by atoms with Crippen molar-refractivity contribution in [3.8, 4) is 0 Å². The van der Waals surface area contributed by atoms with Gasteiger partial charge in [0.1, 0.15) is 5.69 Å². The highest BCUT2D eigenvalue weighted by atomic mass is 31.2. The van der Waals surface area contributed by atoms with E-state index in [2.05, 4.69) is 5.32 Å². The fraction of sp³-hybridized carbons (Fsp3) is 0.200. The molecule has 9 heteroatoms. The zero-order chi connectivity index (χ0) is 17.9. The summed E-state index contributed by atoms with van der Waals surface area (Å²) in [6.07, 6.45) is -0.204. The molecule has 0 aliphatic heterocycles. The molecule has 2 aromatic rings. The molecule has 0 atom stereocenters. The van der Waals surface area contributed by atoms with Crippen LogP contribution in [0.1, 0.15) is 5.56 Å². The molecule has 0 unspecified atom stereocenters. The van der Waals surface area contributed by atoms with E-state index in [9.17, 15) is 22.1 Å². The highest BCUT2D eigenvalue weighted by molar-refractivity contribution is 7.52. The fourth-order valence-corrected chi connectivity index (χ4v) is 3.11. The zero-order valence-electron chi connectivity index (χ0n) is 12.8. The summed E-state index contributed by atoms with van der Waals surface area (Å²) in [4.78, 5) is 0. The van der Waals surface area contributed by atoms with Crippen molar-refractivity contribution < 1.29 is 31.2 Å². The van der Waals surface area contributed by atoms with E-state index in [1.807, 2.05) is 0 Å². The number of hydrogen-bond acceptors (Lipinski definition) is 4. The Morgan fingerprint density at radius 1 is 1.00 bits per heavy atom. The van der Waals surface area contributed by atoms with Crippen molar-refractivity contribution >= 4 is 19.0 Å². The topological polar surface area (TPSA) is 47.6 Å². The van der Waals surface area contributed by atoms with Gasteiger partial charge in [0.25, 0.3) is 0 Å². The second-order valence-corrected chi connectivity index (χ2v) is 7.03. The summed E-state index contributed by atoms with van der Waals surface area (Å²) in [5, 5.41) is 2.30. The van der Waals surface area contributed by atoms with Gasteiger partial charge in [-0.05, 0) is 11.6 Å². The van der Waals surface area contributed by atoms with Crippen molar-refractivity contribution in [2.45, 2.75) is 6.16 Å². The second kappa shape index (κ2) is 7.34. The van der Waals surface area contributed by atoms with Gasteiger partial charge in [0, 0.05) is 26.0 Å². The summed E-state index contributed by atoms with van der Waals surface area (Å²) in [5.74, 6) is -6.20. The maximum atomic E-state index is 13.8. The molecule has 130 valence electrons. The number of anilines is 2. The first-order valence-corrected chi connectivity index (χ1v) is 8.42. The van der Waals surface area contributed by atoms with Gasteiger partial charge in [0.15, 0.2) is 23.3 Å². The summed E-state index contributed by atoms with van der Waals surface area (Å²) in [6.45, 7) is 0. The lowest BCUT2D eigenvalue weighted by Gasteiger charge is -2.17. The molecule has 2 aromatic carbocycles. The molecule has 4 nitrogen and oxygen atoms in total. The Labute approximate surface area is 135 Å². The lowest BCUT2D eigenvalue weighted by atomic mass is 10.2. The van der Waals surface area contributed by atoms with Crippen LogP contribution >= 0.6 is 7.60 Å².